The molecule has 0 N–H and O–H groups in total. The smallest absolute Gasteiger partial charge is 0.446 e. The lowest BCUT2D eigenvalue weighted by molar-refractivity contribution is -0.637. The molecule has 22 heavy (non-hydrogen) atoms. The number of ether oxygens (including phenoxy) is 2. The molecular formula is C10H18N4O8. The predicted molar refractivity (Wildman–Crippen MR) is 70.7 cm³/mol. The number of amides is 2. The Hall–Kier alpha value is -2.66. The first-order chi connectivity index (χ1) is 10.3. The predicted octanol–water partition coefficient (Wildman–Crippen LogP) is 1.07. The van der Waals surface area contributed by atoms with Crippen LogP contribution in [0.1, 0.15) is 26.7 Å². The zero-order chi connectivity index (χ0) is 17.1. The number of hydrogen-bond acceptors (Lipinski definition) is 8. The molecule has 0 rings (SSSR count). The largest absolute Gasteiger partial charge is 0.468 e. The van der Waals surface area contributed by atoms with Gasteiger partial charge in [-0.25, -0.2) is 29.8 Å². The third kappa shape index (κ3) is 6.67. The van der Waals surface area contributed by atoms with Crippen LogP contribution in [0.25, 0.3) is 0 Å². The number of hydrazine groups is 2. The zero-order valence-electron chi connectivity index (χ0n) is 12.3. The maximum absolute atomic E-state index is 11.3. The fourth-order valence-corrected chi connectivity index (χ4v) is 1.40. The number of nitro groups is 2. The lowest BCUT2D eigenvalue weighted by Gasteiger charge is -2.13. The van der Waals surface area contributed by atoms with Crippen molar-refractivity contribution in [3.05, 3.63) is 20.2 Å². The Labute approximate surface area is 125 Å². The van der Waals surface area contributed by atoms with Gasteiger partial charge in [-0.15, -0.1) is 0 Å². The van der Waals surface area contributed by atoms with Crippen molar-refractivity contribution >= 4 is 12.2 Å². The monoisotopic (exact) mass is 322 g/mol. The number of rotatable bonds is 9. The van der Waals surface area contributed by atoms with Gasteiger partial charge in [-0.3, -0.25) is 0 Å². The van der Waals surface area contributed by atoms with Crippen LogP contribution in [0.5, 0.6) is 0 Å². The first-order valence-electron chi connectivity index (χ1n) is 6.52. The van der Waals surface area contributed by atoms with E-state index in [1.807, 2.05) is 0 Å². The van der Waals surface area contributed by atoms with E-state index >= 15 is 0 Å². The second-order valence-electron chi connectivity index (χ2n) is 3.83. The summed E-state index contributed by atoms with van der Waals surface area (Å²) in [5, 5.41) is 20.1. The van der Waals surface area contributed by atoms with Crippen molar-refractivity contribution in [2.24, 2.45) is 0 Å². The van der Waals surface area contributed by atoms with Gasteiger partial charge in [0.1, 0.15) is 0 Å². The first kappa shape index (κ1) is 19.3. The molecule has 0 aromatic carbocycles. The van der Waals surface area contributed by atoms with Crippen molar-refractivity contribution in [2.45, 2.75) is 26.7 Å². The van der Waals surface area contributed by atoms with Gasteiger partial charge in [0, 0.05) is 0 Å². The summed E-state index contributed by atoms with van der Waals surface area (Å²) >= 11 is 0. The molecule has 0 radical (unpaired) electrons. The maximum atomic E-state index is 11.3. The quantitative estimate of drug-likeness (QED) is 0.348. The average molecular weight is 322 g/mol. The van der Waals surface area contributed by atoms with E-state index in [0.29, 0.717) is 0 Å². The van der Waals surface area contributed by atoms with Crippen molar-refractivity contribution in [3.63, 3.8) is 0 Å². The van der Waals surface area contributed by atoms with Crippen LogP contribution < -0.4 is 0 Å². The molecule has 2 amide bonds. The van der Waals surface area contributed by atoms with Crippen LogP contribution in [0.4, 0.5) is 9.59 Å². The van der Waals surface area contributed by atoms with Crippen molar-refractivity contribution in [1.29, 1.82) is 0 Å². The Morgan fingerprint density at radius 2 is 1.18 bits per heavy atom. The second kappa shape index (κ2) is 10.1. The Morgan fingerprint density at radius 1 is 0.864 bits per heavy atom. The third-order valence-electron chi connectivity index (χ3n) is 2.34. The average Bonchev–Trinajstić information content (AvgIpc) is 2.42. The van der Waals surface area contributed by atoms with E-state index < -0.39 is 22.3 Å². The topological polar surface area (TPSA) is 145 Å². The first-order valence-corrected chi connectivity index (χ1v) is 6.52. The molecule has 0 unspecified atom stereocenters. The van der Waals surface area contributed by atoms with Gasteiger partial charge in [-0.1, -0.05) is 0 Å². The fraction of sp³-hybridized carbons (Fsp3) is 0.800. The van der Waals surface area contributed by atoms with Gasteiger partial charge >= 0.3 is 12.2 Å². The molecule has 0 saturated carbocycles. The van der Waals surface area contributed by atoms with Crippen molar-refractivity contribution in [2.75, 3.05) is 26.3 Å². The van der Waals surface area contributed by atoms with Crippen LogP contribution in [0.2, 0.25) is 0 Å². The van der Waals surface area contributed by atoms with Crippen LogP contribution in [0.3, 0.4) is 0 Å². The standard InChI is InChI=1S/C10H18N4O8/c1-3-21-9(15)11(13(17)18)7-5-6-8-12(14(19)20)10(16)22-4-2/h3-8H2,1-2H3. The summed E-state index contributed by atoms with van der Waals surface area (Å²) < 4.78 is 9.01. The van der Waals surface area contributed by atoms with Crippen LogP contribution >= 0.6 is 0 Å². The summed E-state index contributed by atoms with van der Waals surface area (Å²) in [6.45, 7) is 2.40. The van der Waals surface area contributed by atoms with Gasteiger partial charge in [0.15, 0.2) is 10.1 Å². The van der Waals surface area contributed by atoms with E-state index in [9.17, 15) is 29.8 Å². The van der Waals surface area contributed by atoms with E-state index in [-0.39, 0.29) is 49.2 Å². The van der Waals surface area contributed by atoms with Crippen LogP contribution in [-0.4, -0.2) is 58.6 Å². The molecule has 0 aromatic heterocycles. The molecular weight excluding hydrogens is 304 g/mol. The number of carbonyl (C=O) groups is 2. The molecule has 0 spiro atoms. The Morgan fingerprint density at radius 3 is 1.41 bits per heavy atom. The molecule has 0 atom stereocenters. The van der Waals surface area contributed by atoms with Gasteiger partial charge in [0.25, 0.3) is 0 Å². The molecule has 0 bridgehead atoms. The van der Waals surface area contributed by atoms with Crippen molar-refractivity contribution in [1.82, 2.24) is 10.0 Å². The van der Waals surface area contributed by atoms with E-state index in [1.165, 1.54) is 13.8 Å². The van der Waals surface area contributed by atoms with E-state index in [1.54, 1.807) is 0 Å². The highest BCUT2D eigenvalue weighted by Gasteiger charge is 2.27. The normalized spacial score (nSPS) is 9.73. The summed E-state index contributed by atoms with van der Waals surface area (Å²) in [6, 6.07) is 0. The molecule has 0 aliphatic carbocycles. The van der Waals surface area contributed by atoms with Crippen LogP contribution in [0, 0.1) is 20.2 Å². The highest BCUT2D eigenvalue weighted by atomic mass is 16.7. The van der Waals surface area contributed by atoms with Crippen LogP contribution in [-0.2, 0) is 9.47 Å². The SMILES string of the molecule is CCOC(=O)N(CCCCN(C(=O)OCC)[N+](=O)[O-])[N+](=O)[O-]. The molecule has 12 nitrogen and oxygen atoms in total. The summed E-state index contributed by atoms with van der Waals surface area (Å²) in [4.78, 5) is 43.9. The van der Waals surface area contributed by atoms with E-state index in [0.717, 1.165) is 0 Å². The summed E-state index contributed by atoms with van der Waals surface area (Å²) in [7, 11) is 0. The van der Waals surface area contributed by atoms with Gasteiger partial charge in [0.05, 0.1) is 26.3 Å². The van der Waals surface area contributed by atoms with Crippen molar-refractivity contribution < 1.29 is 29.1 Å². The second-order valence-corrected chi connectivity index (χ2v) is 3.83. The summed E-state index contributed by atoms with van der Waals surface area (Å²) in [5.74, 6) is 0. The molecule has 0 saturated heterocycles. The van der Waals surface area contributed by atoms with Gasteiger partial charge in [-0.05, 0) is 36.7 Å². The van der Waals surface area contributed by atoms with Crippen molar-refractivity contribution in [3.8, 4) is 0 Å². The Balaban J connectivity index is 4.36. The van der Waals surface area contributed by atoms with Crippen LogP contribution in [0.15, 0.2) is 0 Å². The fourth-order valence-electron chi connectivity index (χ4n) is 1.40. The molecule has 0 heterocycles. The Kier molecular flexibility index (Phi) is 8.90. The number of nitrogens with zero attached hydrogens (tertiary/aromatic N) is 4. The molecule has 0 aliphatic heterocycles. The van der Waals surface area contributed by atoms with E-state index in [2.05, 4.69) is 9.47 Å². The summed E-state index contributed by atoms with van der Waals surface area (Å²) in [6.07, 6.45) is -2.07. The molecule has 12 heteroatoms. The molecule has 0 aromatic rings. The highest BCUT2D eigenvalue weighted by Crippen LogP contribution is 2.03. The minimum Gasteiger partial charge on any atom is -0.446 e. The van der Waals surface area contributed by atoms with E-state index in [4.69, 9.17) is 0 Å². The van der Waals surface area contributed by atoms with Gasteiger partial charge < -0.3 is 9.47 Å². The molecule has 0 aliphatic rings. The molecule has 0 fully saturated rings. The third-order valence-corrected chi connectivity index (χ3v) is 2.34. The lowest BCUT2D eigenvalue weighted by Crippen LogP contribution is -2.39. The summed E-state index contributed by atoms with van der Waals surface area (Å²) in [5.41, 5.74) is 0. The minimum atomic E-state index is -1.11. The minimum absolute atomic E-state index is 0.0128. The maximum Gasteiger partial charge on any atom is 0.468 e. The number of hydrogen-bond donors (Lipinski definition) is 0. The molecule has 126 valence electrons. The Bertz CT molecular complexity index is 378. The lowest BCUT2D eigenvalue weighted by atomic mass is 10.3. The van der Waals surface area contributed by atoms with Gasteiger partial charge in [0.2, 0.25) is 0 Å². The number of carbonyl (C=O) groups excluding carboxylic acids is 2. The highest BCUT2D eigenvalue weighted by molar-refractivity contribution is 5.66. The van der Waals surface area contributed by atoms with Gasteiger partial charge in [-0.2, -0.15) is 0 Å². The number of unbranched alkanes of at least 4 members (excludes halogenated alkanes) is 1. The zero-order valence-corrected chi connectivity index (χ0v) is 12.3.